The average molecular weight is 479 g/mol. The van der Waals surface area contributed by atoms with Crippen LogP contribution >= 0.6 is 15.9 Å². The summed E-state index contributed by atoms with van der Waals surface area (Å²) >= 11 is 3.25. The van der Waals surface area contributed by atoms with Gasteiger partial charge in [0.15, 0.2) is 5.76 Å². The molecular formula is C20H16BrFN2O4S. The van der Waals surface area contributed by atoms with Gasteiger partial charge < -0.3 is 9.26 Å². The number of sulfonamides is 1. The number of rotatable bonds is 3. The van der Waals surface area contributed by atoms with Crippen molar-refractivity contribution in [3.63, 3.8) is 0 Å². The number of primary sulfonamides is 1. The summed E-state index contributed by atoms with van der Waals surface area (Å²) in [7, 11) is -2.63. The lowest BCUT2D eigenvalue weighted by Gasteiger charge is -2.25. The summed E-state index contributed by atoms with van der Waals surface area (Å²) in [5, 5.41) is 9.53. The summed E-state index contributed by atoms with van der Waals surface area (Å²) in [4.78, 5) is -0.138. The number of aromatic nitrogens is 1. The van der Waals surface area contributed by atoms with Gasteiger partial charge in [0.25, 0.3) is 0 Å². The Kier molecular flexibility index (Phi) is 3.97. The Morgan fingerprint density at radius 1 is 1.28 bits per heavy atom. The second-order valence-electron chi connectivity index (χ2n) is 7.46. The van der Waals surface area contributed by atoms with E-state index in [0.717, 1.165) is 24.0 Å². The molecule has 1 fully saturated rings. The summed E-state index contributed by atoms with van der Waals surface area (Å²) in [5.74, 6) is 0.0773. The maximum Gasteiger partial charge on any atom is 0.241 e. The van der Waals surface area contributed by atoms with E-state index in [1.165, 1.54) is 13.2 Å². The van der Waals surface area contributed by atoms with Gasteiger partial charge in [-0.15, -0.1) is 0 Å². The van der Waals surface area contributed by atoms with E-state index in [0.29, 0.717) is 33.5 Å². The summed E-state index contributed by atoms with van der Waals surface area (Å²) in [6.07, 6.45) is 2.52. The monoisotopic (exact) mass is 478 g/mol. The number of ether oxygens (including phenoxy) is 1. The van der Waals surface area contributed by atoms with Crippen LogP contribution in [0.5, 0.6) is 5.75 Å². The quantitative estimate of drug-likeness (QED) is 0.609. The van der Waals surface area contributed by atoms with Crippen molar-refractivity contribution >= 4 is 26.0 Å². The highest BCUT2D eigenvalue weighted by Gasteiger charge is 2.51. The van der Waals surface area contributed by atoms with Crippen molar-refractivity contribution in [2.75, 3.05) is 7.11 Å². The minimum absolute atomic E-state index is 0.0939. The van der Waals surface area contributed by atoms with E-state index in [1.54, 1.807) is 18.2 Å². The summed E-state index contributed by atoms with van der Waals surface area (Å²) < 4.78 is 50.3. The molecule has 29 heavy (non-hydrogen) atoms. The molecule has 1 spiro atoms. The first kappa shape index (κ1) is 18.8. The molecule has 150 valence electrons. The first-order valence-corrected chi connectivity index (χ1v) is 11.3. The molecule has 2 aliphatic rings. The van der Waals surface area contributed by atoms with Gasteiger partial charge in [-0.05, 0) is 59.0 Å². The van der Waals surface area contributed by atoms with Gasteiger partial charge in [0.1, 0.15) is 22.2 Å². The Labute approximate surface area is 175 Å². The molecule has 6 nitrogen and oxygen atoms in total. The molecule has 0 amide bonds. The molecular weight excluding hydrogens is 463 g/mol. The van der Waals surface area contributed by atoms with Crippen molar-refractivity contribution in [3.8, 4) is 28.3 Å². The summed E-state index contributed by atoms with van der Waals surface area (Å²) in [6, 6.07) is 8.29. The maximum absolute atomic E-state index is 15.1. The third-order valence-electron chi connectivity index (χ3n) is 5.79. The maximum atomic E-state index is 15.1. The minimum Gasteiger partial charge on any atom is -0.495 e. The number of nitrogens with zero attached hydrogens (tertiary/aromatic N) is 1. The van der Waals surface area contributed by atoms with Crippen molar-refractivity contribution < 1.29 is 22.1 Å². The number of fused-ring (bicyclic) bond motifs is 4. The molecule has 9 heteroatoms. The lowest BCUT2D eigenvalue weighted by Crippen LogP contribution is -2.18. The zero-order chi connectivity index (χ0) is 20.6. The van der Waals surface area contributed by atoms with E-state index in [2.05, 4.69) is 21.1 Å². The van der Waals surface area contributed by atoms with E-state index in [4.69, 9.17) is 14.4 Å². The molecule has 2 aromatic carbocycles. The SMILES string of the molecule is COc1c(-c2noc3c2CC2(CC2)c2ccc(Br)c(F)c2-3)cccc1S(N)(=O)=O. The fraction of sp³-hybridized carbons (Fsp3) is 0.250. The molecule has 0 bridgehead atoms. The smallest absolute Gasteiger partial charge is 0.241 e. The molecule has 1 saturated carbocycles. The van der Waals surface area contributed by atoms with Gasteiger partial charge in [-0.3, -0.25) is 0 Å². The number of para-hydroxylation sites is 1. The van der Waals surface area contributed by atoms with Gasteiger partial charge >= 0.3 is 0 Å². The molecule has 0 aliphatic heterocycles. The lowest BCUT2D eigenvalue weighted by molar-refractivity contribution is 0.402. The van der Waals surface area contributed by atoms with Crippen LogP contribution in [0.15, 0.2) is 44.2 Å². The van der Waals surface area contributed by atoms with Gasteiger partial charge in [-0.2, -0.15) is 0 Å². The number of hydrogen-bond donors (Lipinski definition) is 1. The molecule has 0 unspecified atom stereocenters. The molecule has 0 radical (unpaired) electrons. The van der Waals surface area contributed by atoms with E-state index >= 15 is 4.39 Å². The Hall–Kier alpha value is -2.23. The molecule has 0 saturated heterocycles. The van der Waals surface area contributed by atoms with Gasteiger partial charge in [0.2, 0.25) is 10.0 Å². The third-order valence-corrected chi connectivity index (χ3v) is 7.34. The van der Waals surface area contributed by atoms with Gasteiger partial charge in [0, 0.05) is 16.5 Å². The highest BCUT2D eigenvalue weighted by Crippen LogP contribution is 2.59. The predicted molar refractivity (Wildman–Crippen MR) is 108 cm³/mol. The van der Waals surface area contributed by atoms with E-state index < -0.39 is 10.0 Å². The van der Waals surface area contributed by atoms with Crippen molar-refractivity contribution in [1.29, 1.82) is 0 Å². The van der Waals surface area contributed by atoms with Crippen LogP contribution in [0.25, 0.3) is 22.6 Å². The Balaban J connectivity index is 1.78. The number of nitrogens with two attached hydrogens (primary N) is 1. The second-order valence-corrected chi connectivity index (χ2v) is 9.85. The molecule has 2 aliphatic carbocycles. The van der Waals surface area contributed by atoms with E-state index in [9.17, 15) is 8.42 Å². The lowest BCUT2D eigenvalue weighted by atomic mass is 9.78. The van der Waals surface area contributed by atoms with Crippen LogP contribution in [0.4, 0.5) is 4.39 Å². The Morgan fingerprint density at radius 2 is 2.03 bits per heavy atom. The van der Waals surface area contributed by atoms with Crippen molar-refractivity contribution in [1.82, 2.24) is 5.16 Å². The summed E-state index contributed by atoms with van der Waals surface area (Å²) in [5.41, 5.74) is 2.83. The minimum atomic E-state index is -4.00. The highest BCUT2D eigenvalue weighted by molar-refractivity contribution is 9.10. The van der Waals surface area contributed by atoms with Crippen LogP contribution in [-0.4, -0.2) is 20.7 Å². The van der Waals surface area contributed by atoms with Crippen LogP contribution < -0.4 is 9.88 Å². The normalized spacial score (nSPS) is 16.4. The van der Waals surface area contributed by atoms with Gasteiger partial charge in [-0.25, -0.2) is 17.9 Å². The van der Waals surface area contributed by atoms with Crippen molar-refractivity contribution in [2.45, 2.75) is 29.6 Å². The summed E-state index contributed by atoms with van der Waals surface area (Å²) in [6.45, 7) is 0. The molecule has 3 aromatic rings. The van der Waals surface area contributed by atoms with Gasteiger partial charge in [0.05, 0.1) is 17.1 Å². The van der Waals surface area contributed by atoms with Crippen molar-refractivity contribution in [2.24, 2.45) is 5.14 Å². The zero-order valence-corrected chi connectivity index (χ0v) is 17.7. The highest BCUT2D eigenvalue weighted by atomic mass is 79.9. The van der Waals surface area contributed by atoms with Crippen LogP contribution in [0.1, 0.15) is 24.0 Å². The van der Waals surface area contributed by atoms with Crippen LogP contribution in [0, 0.1) is 5.82 Å². The topological polar surface area (TPSA) is 95.4 Å². The molecule has 2 N–H and O–H groups in total. The van der Waals surface area contributed by atoms with Crippen molar-refractivity contribution in [3.05, 3.63) is 51.7 Å². The fourth-order valence-electron chi connectivity index (χ4n) is 4.26. The largest absolute Gasteiger partial charge is 0.495 e. The van der Waals surface area contributed by atoms with E-state index in [-0.39, 0.29) is 21.9 Å². The number of methoxy groups -OCH3 is 1. The molecule has 1 heterocycles. The van der Waals surface area contributed by atoms with E-state index in [1.807, 2.05) is 6.07 Å². The number of halogens is 2. The molecule has 5 rings (SSSR count). The fourth-order valence-corrected chi connectivity index (χ4v) is 5.31. The average Bonchev–Trinajstić information content (AvgIpc) is 3.33. The predicted octanol–water partition coefficient (Wildman–Crippen LogP) is 4.15. The first-order chi connectivity index (χ1) is 13.8. The number of hydrogen-bond acceptors (Lipinski definition) is 5. The molecule has 1 aromatic heterocycles. The van der Waals surface area contributed by atoms with Gasteiger partial charge in [-0.1, -0.05) is 17.3 Å². The molecule has 0 atom stereocenters. The van der Waals surface area contributed by atoms with Crippen LogP contribution in [0.3, 0.4) is 0 Å². The number of benzene rings is 2. The third kappa shape index (κ3) is 2.68. The first-order valence-electron chi connectivity index (χ1n) is 8.94. The van der Waals surface area contributed by atoms with Crippen LogP contribution in [-0.2, 0) is 21.9 Å². The Morgan fingerprint density at radius 3 is 2.69 bits per heavy atom. The second kappa shape index (κ2) is 6.13. The Bertz CT molecular complexity index is 1280. The van der Waals surface area contributed by atoms with Crippen LogP contribution in [0.2, 0.25) is 0 Å². The zero-order valence-electron chi connectivity index (χ0n) is 15.3. The standard InChI is InChI=1S/C20H16BrFN2O4S/c1-27-18-10(3-2-4-14(18)29(23,25)26)17-11-9-20(7-8-20)12-5-6-13(21)16(22)15(12)19(11)28-24-17/h2-6H,7-9H2,1H3,(H2,23,25,26).